The zero-order chi connectivity index (χ0) is 14.5. The largest absolute Gasteiger partial charge is 0.467 e. The van der Waals surface area contributed by atoms with Crippen LogP contribution in [0.2, 0.25) is 5.02 Å². The summed E-state index contributed by atoms with van der Waals surface area (Å²) in [5.41, 5.74) is 2.36. The average molecular weight is 293 g/mol. The fourth-order valence-electron chi connectivity index (χ4n) is 2.08. The molecule has 0 aliphatic heterocycles. The van der Waals surface area contributed by atoms with Crippen LogP contribution in [0.1, 0.15) is 25.2 Å². The first-order valence-electron chi connectivity index (χ1n) is 6.81. The van der Waals surface area contributed by atoms with Gasteiger partial charge in [0.05, 0.1) is 12.8 Å². The number of nitrogens with one attached hydrogen (secondary N) is 1. The van der Waals surface area contributed by atoms with E-state index in [-0.39, 0.29) is 0 Å². The molecule has 0 unspecified atom stereocenters. The van der Waals surface area contributed by atoms with Gasteiger partial charge in [-0.05, 0) is 29.8 Å². The number of nitrogens with zero attached hydrogens (tertiary/aromatic N) is 1. The van der Waals surface area contributed by atoms with Crippen LogP contribution in [-0.4, -0.2) is 13.1 Å². The Morgan fingerprint density at radius 3 is 2.75 bits per heavy atom. The number of anilines is 1. The van der Waals surface area contributed by atoms with Crippen molar-refractivity contribution in [2.24, 2.45) is 0 Å². The lowest BCUT2D eigenvalue weighted by Gasteiger charge is -2.22. The molecule has 0 aliphatic carbocycles. The summed E-state index contributed by atoms with van der Waals surface area (Å²) in [6, 6.07) is 10.3. The van der Waals surface area contributed by atoms with Gasteiger partial charge in [0.1, 0.15) is 5.76 Å². The first kappa shape index (κ1) is 14.9. The van der Waals surface area contributed by atoms with Crippen LogP contribution in [0.3, 0.4) is 0 Å². The molecule has 0 aliphatic rings. The second kappa shape index (κ2) is 6.82. The molecule has 108 valence electrons. The molecule has 20 heavy (non-hydrogen) atoms. The van der Waals surface area contributed by atoms with E-state index in [1.54, 1.807) is 6.26 Å². The topological polar surface area (TPSA) is 28.4 Å². The number of benzene rings is 1. The highest BCUT2D eigenvalue weighted by atomic mass is 35.5. The maximum Gasteiger partial charge on any atom is 0.123 e. The molecule has 0 saturated heterocycles. The predicted octanol–water partition coefficient (Wildman–Crippen LogP) is 4.07. The van der Waals surface area contributed by atoms with Crippen molar-refractivity contribution in [3.8, 4) is 0 Å². The Labute approximate surface area is 125 Å². The normalized spacial score (nSPS) is 11.1. The van der Waals surface area contributed by atoms with E-state index >= 15 is 0 Å². The van der Waals surface area contributed by atoms with Gasteiger partial charge in [0.15, 0.2) is 0 Å². The summed E-state index contributed by atoms with van der Waals surface area (Å²) in [4.78, 5) is 2.15. The van der Waals surface area contributed by atoms with Gasteiger partial charge in [-0.1, -0.05) is 31.5 Å². The Bertz CT molecular complexity index is 537. The van der Waals surface area contributed by atoms with Crippen molar-refractivity contribution < 1.29 is 4.42 Å². The lowest BCUT2D eigenvalue weighted by atomic mass is 10.1. The molecule has 1 aromatic heterocycles. The average Bonchev–Trinajstić information content (AvgIpc) is 2.89. The Kier molecular flexibility index (Phi) is 5.10. The molecule has 2 rings (SSSR count). The second-order valence-electron chi connectivity index (χ2n) is 5.24. The summed E-state index contributed by atoms with van der Waals surface area (Å²) in [7, 11) is 2.05. The van der Waals surface area contributed by atoms with Gasteiger partial charge in [-0.25, -0.2) is 0 Å². The van der Waals surface area contributed by atoms with Crippen molar-refractivity contribution in [3.05, 3.63) is 52.9 Å². The fraction of sp³-hybridized carbons (Fsp3) is 0.375. The molecule has 0 bridgehead atoms. The van der Waals surface area contributed by atoms with Gasteiger partial charge in [0, 0.05) is 30.3 Å². The Hall–Kier alpha value is -1.45. The molecule has 0 fully saturated rings. The number of halogens is 1. The van der Waals surface area contributed by atoms with Crippen molar-refractivity contribution in [2.75, 3.05) is 11.9 Å². The van der Waals surface area contributed by atoms with Crippen molar-refractivity contribution >= 4 is 17.3 Å². The summed E-state index contributed by atoms with van der Waals surface area (Å²) < 4.78 is 5.40. The van der Waals surface area contributed by atoms with Crippen LogP contribution in [-0.2, 0) is 13.1 Å². The van der Waals surface area contributed by atoms with Crippen LogP contribution in [0.25, 0.3) is 0 Å². The Balaban J connectivity index is 2.17. The minimum atomic E-state index is 0.453. The zero-order valence-corrected chi connectivity index (χ0v) is 12.9. The van der Waals surface area contributed by atoms with Gasteiger partial charge < -0.3 is 14.6 Å². The van der Waals surface area contributed by atoms with E-state index in [0.717, 1.165) is 29.6 Å². The lowest BCUT2D eigenvalue weighted by Crippen LogP contribution is -2.24. The van der Waals surface area contributed by atoms with Crippen LogP contribution in [0.4, 0.5) is 5.69 Å². The standard InChI is InChI=1S/C16H21ClN2O/c1-12(2)18-10-13-6-7-14(17)9-16(13)19(3)11-15-5-4-8-20-15/h4-9,12,18H,10-11H2,1-3H3. The van der Waals surface area contributed by atoms with Crippen LogP contribution < -0.4 is 10.2 Å². The molecule has 0 radical (unpaired) electrons. The third kappa shape index (κ3) is 4.02. The Morgan fingerprint density at radius 1 is 1.30 bits per heavy atom. The molecule has 0 spiro atoms. The summed E-state index contributed by atoms with van der Waals surface area (Å²) in [5.74, 6) is 0.940. The molecular formula is C16H21ClN2O. The first-order valence-corrected chi connectivity index (χ1v) is 7.19. The quantitative estimate of drug-likeness (QED) is 0.870. The number of hydrogen-bond donors (Lipinski definition) is 1. The fourth-order valence-corrected chi connectivity index (χ4v) is 2.24. The zero-order valence-electron chi connectivity index (χ0n) is 12.2. The van der Waals surface area contributed by atoms with E-state index in [1.165, 1.54) is 5.56 Å². The number of furan rings is 1. The van der Waals surface area contributed by atoms with Crippen molar-refractivity contribution in [2.45, 2.75) is 33.0 Å². The molecule has 3 nitrogen and oxygen atoms in total. The van der Waals surface area contributed by atoms with Crippen LogP contribution in [0.15, 0.2) is 41.0 Å². The highest BCUT2D eigenvalue weighted by molar-refractivity contribution is 6.30. The molecule has 1 aromatic carbocycles. The smallest absolute Gasteiger partial charge is 0.123 e. The summed E-state index contributed by atoms with van der Waals surface area (Å²) in [6.45, 7) is 5.83. The molecular weight excluding hydrogens is 272 g/mol. The minimum Gasteiger partial charge on any atom is -0.467 e. The third-order valence-electron chi connectivity index (χ3n) is 3.13. The lowest BCUT2D eigenvalue weighted by molar-refractivity contribution is 0.507. The number of rotatable bonds is 6. The van der Waals surface area contributed by atoms with Crippen LogP contribution in [0.5, 0.6) is 0 Å². The maximum atomic E-state index is 6.13. The van der Waals surface area contributed by atoms with Crippen molar-refractivity contribution in [1.29, 1.82) is 0 Å². The molecule has 0 saturated carbocycles. The maximum absolute atomic E-state index is 6.13. The molecule has 1 N–H and O–H groups in total. The van der Waals surface area contributed by atoms with E-state index in [2.05, 4.69) is 30.1 Å². The van der Waals surface area contributed by atoms with E-state index in [0.29, 0.717) is 6.04 Å². The number of hydrogen-bond acceptors (Lipinski definition) is 3. The second-order valence-corrected chi connectivity index (χ2v) is 5.68. The molecule has 0 atom stereocenters. The van der Waals surface area contributed by atoms with Crippen molar-refractivity contribution in [3.63, 3.8) is 0 Å². The highest BCUT2D eigenvalue weighted by Crippen LogP contribution is 2.25. The predicted molar refractivity (Wildman–Crippen MR) is 84.2 cm³/mol. The van der Waals surface area contributed by atoms with Gasteiger partial charge in [-0.15, -0.1) is 0 Å². The summed E-state index contributed by atoms with van der Waals surface area (Å²) in [5, 5.41) is 4.19. The van der Waals surface area contributed by atoms with Crippen LogP contribution >= 0.6 is 11.6 Å². The molecule has 1 heterocycles. The van der Waals surface area contributed by atoms with Crippen molar-refractivity contribution in [1.82, 2.24) is 5.32 Å². The van der Waals surface area contributed by atoms with Crippen LogP contribution in [0, 0.1) is 0 Å². The summed E-state index contributed by atoms with van der Waals surface area (Å²) in [6.07, 6.45) is 1.70. The Morgan fingerprint density at radius 2 is 2.10 bits per heavy atom. The van der Waals surface area contributed by atoms with E-state index in [4.69, 9.17) is 16.0 Å². The molecule has 0 amide bonds. The van der Waals surface area contributed by atoms with Gasteiger partial charge in [0.25, 0.3) is 0 Å². The van der Waals surface area contributed by atoms with E-state index in [9.17, 15) is 0 Å². The van der Waals surface area contributed by atoms with E-state index < -0.39 is 0 Å². The van der Waals surface area contributed by atoms with E-state index in [1.807, 2.05) is 31.3 Å². The van der Waals surface area contributed by atoms with Gasteiger partial charge in [-0.2, -0.15) is 0 Å². The highest BCUT2D eigenvalue weighted by Gasteiger charge is 2.10. The monoisotopic (exact) mass is 292 g/mol. The minimum absolute atomic E-state index is 0.453. The molecule has 4 heteroatoms. The van der Waals surface area contributed by atoms with Gasteiger partial charge in [-0.3, -0.25) is 0 Å². The third-order valence-corrected chi connectivity index (χ3v) is 3.37. The first-order chi connectivity index (χ1) is 9.56. The van der Waals surface area contributed by atoms with Gasteiger partial charge in [0.2, 0.25) is 0 Å². The SMILES string of the molecule is CC(C)NCc1ccc(Cl)cc1N(C)Cc1ccco1. The molecule has 2 aromatic rings. The van der Waals surface area contributed by atoms with Gasteiger partial charge >= 0.3 is 0 Å². The summed E-state index contributed by atoms with van der Waals surface area (Å²) >= 11 is 6.13.